The number of aliphatic hydroxyl groups is 1. The van der Waals surface area contributed by atoms with Crippen LogP contribution >= 0.6 is 0 Å². The number of carbonyl (C=O) groups is 2. The highest BCUT2D eigenvalue weighted by Gasteiger charge is 2.52. The topological polar surface area (TPSA) is 78.9 Å². The predicted octanol–water partition coefficient (Wildman–Crippen LogP) is 2.22. The normalized spacial score (nSPS) is 20.2. The van der Waals surface area contributed by atoms with Crippen molar-refractivity contribution in [1.82, 2.24) is 10.2 Å². The molecule has 0 aromatic heterocycles. The minimum Gasteiger partial charge on any atom is -0.490 e. The fraction of sp³-hybridized carbons (Fsp3) is 0.579. The number of nitrogens with zero attached hydrogens (tertiary/aromatic N) is 1. The minimum absolute atomic E-state index is 0.0369. The van der Waals surface area contributed by atoms with Crippen LogP contribution in [0, 0.1) is 20.8 Å². The molecule has 1 saturated carbocycles. The van der Waals surface area contributed by atoms with Crippen LogP contribution < -0.4 is 10.1 Å². The number of nitrogens with one attached hydrogen (secondary N) is 1. The average molecular weight is 346 g/mol. The van der Waals surface area contributed by atoms with Crippen molar-refractivity contribution in [2.75, 3.05) is 13.2 Å². The Bertz CT molecular complexity index is 695. The maximum absolute atomic E-state index is 12.6. The van der Waals surface area contributed by atoms with Crippen LogP contribution in [0.1, 0.15) is 42.4 Å². The van der Waals surface area contributed by atoms with Gasteiger partial charge in [0.05, 0.1) is 6.54 Å². The molecule has 1 saturated heterocycles. The van der Waals surface area contributed by atoms with Crippen molar-refractivity contribution in [3.05, 3.63) is 28.8 Å². The molecule has 2 aliphatic rings. The van der Waals surface area contributed by atoms with Crippen LogP contribution in [0.15, 0.2) is 12.1 Å². The first-order valence-corrected chi connectivity index (χ1v) is 8.86. The third-order valence-corrected chi connectivity index (χ3v) is 5.39. The van der Waals surface area contributed by atoms with E-state index in [1.165, 1.54) is 0 Å². The summed E-state index contributed by atoms with van der Waals surface area (Å²) in [5, 5.41) is 13.1. The van der Waals surface area contributed by atoms with Gasteiger partial charge in [-0.15, -0.1) is 0 Å². The van der Waals surface area contributed by atoms with Crippen LogP contribution in [0.4, 0.5) is 4.79 Å². The second kappa shape index (κ2) is 6.67. The Balaban J connectivity index is 1.62. The summed E-state index contributed by atoms with van der Waals surface area (Å²) in [5.74, 6) is 0.542. The molecule has 0 unspecified atom stereocenters. The maximum atomic E-state index is 12.6. The van der Waals surface area contributed by atoms with Gasteiger partial charge in [-0.25, -0.2) is 4.79 Å². The molecule has 136 valence electrons. The van der Waals surface area contributed by atoms with E-state index in [4.69, 9.17) is 4.74 Å². The molecule has 1 aliphatic carbocycles. The summed E-state index contributed by atoms with van der Waals surface area (Å²) >= 11 is 0. The third kappa shape index (κ3) is 3.23. The first kappa shape index (κ1) is 17.7. The minimum atomic E-state index is -0.925. The van der Waals surface area contributed by atoms with Crippen molar-refractivity contribution in [2.45, 2.75) is 58.1 Å². The molecule has 1 aromatic rings. The molecule has 3 rings (SSSR count). The van der Waals surface area contributed by atoms with Gasteiger partial charge in [0, 0.05) is 0 Å². The second-order valence-corrected chi connectivity index (χ2v) is 7.25. The van der Waals surface area contributed by atoms with Gasteiger partial charge in [0.1, 0.15) is 24.0 Å². The first-order chi connectivity index (χ1) is 11.8. The van der Waals surface area contributed by atoms with E-state index >= 15 is 0 Å². The van der Waals surface area contributed by atoms with E-state index < -0.39 is 17.7 Å². The molecule has 0 radical (unpaired) electrons. The molecule has 3 amide bonds. The van der Waals surface area contributed by atoms with E-state index in [1.54, 1.807) is 0 Å². The molecule has 6 nitrogen and oxygen atoms in total. The Hall–Kier alpha value is -2.08. The zero-order valence-electron chi connectivity index (χ0n) is 15.1. The number of rotatable bonds is 5. The van der Waals surface area contributed by atoms with Gasteiger partial charge in [-0.3, -0.25) is 9.69 Å². The lowest BCUT2D eigenvalue weighted by Crippen LogP contribution is -2.45. The van der Waals surface area contributed by atoms with Gasteiger partial charge in [0.25, 0.3) is 5.91 Å². The number of aryl methyl sites for hydroxylation is 2. The van der Waals surface area contributed by atoms with Crippen LogP contribution in [-0.4, -0.2) is 46.7 Å². The maximum Gasteiger partial charge on any atom is 0.325 e. The molecule has 2 fully saturated rings. The largest absolute Gasteiger partial charge is 0.490 e. The van der Waals surface area contributed by atoms with E-state index in [0.29, 0.717) is 12.8 Å². The number of urea groups is 1. The van der Waals surface area contributed by atoms with Gasteiger partial charge in [0.2, 0.25) is 0 Å². The monoisotopic (exact) mass is 346 g/mol. The van der Waals surface area contributed by atoms with Gasteiger partial charge >= 0.3 is 6.03 Å². The highest BCUT2D eigenvalue weighted by atomic mass is 16.5. The van der Waals surface area contributed by atoms with Crippen molar-refractivity contribution < 1.29 is 19.4 Å². The standard InChI is InChI=1S/C19H26N2O4/c1-12-6-7-13(2)16(14(12)3)25-11-15(22)10-21-17(23)19(20-18(21)24)8-4-5-9-19/h6-7,15,22H,4-5,8-11H2,1-3H3,(H,20,24)/t15-/m0/s1. The summed E-state index contributed by atoms with van der Waals surface area (Å²) in [7, 11) is 0. The fourth-order valence-electron chi connectivity index (χ4n) is 3.75. The molecule has 2 N–H and O–H groups in total. The number of β-amino-alcohol motifs (C(OH)–C–C–N with tert-alkyl or cyclic N) is 1. The Labute approximate surface area is 148 Å². The Morgan fingerprint density at radius 2 is 1.84 bits per heavy atom. The molecule has 0 bridgehead atoms. The van der Waals surface area contributed by atoms with Gasteiger partial charge in [-0.1, -0.05) is 25.0 Å². The number of amides is 3. The van der Waals surface area contributed by atoms with E-state index in [9.17, 15) is 14.7 Å². The van der Waals surface area contributed by atoms with E-state index in [0.717, 1.165) is 40.2 Å². The second-order valence-electron chi connectivity index (χ2n) is 7.25. The lowest BCUT2D eigenvalue weighted by molar-refractivity contribution is -0.132. The summed E-state index contributed by atoms with van der Waals surface area (Å²) < 4.78 is 5.79. The number of hydrogen-bond donors (Lipinski definition) is 2. The Kier molecular flexibility index (Phi) is 4.73. The lowest BCUT2D eigenvalue weighted by atomic mass is 9.98. The first-order valence-electron chi connectivity index (χ1n) is 8.86. The highest BCUT2D eigenvalue weighted by Crippen LogP contribution is 2.35. The summed E-state index contributed by atoms with van der Waals surface area (Å²) in [6, 6.07) is 3.60. The van der Waals surface area contributed by atoms with E-state index in [1.807, 2.05) is 32.9 Å². The molecular formula is C19H26N2O4. The van der Waals surface area contributed by atoms with Gasteiger partial charge in [-0.05, 0) is 50.3 Å². The third-order valence-electron chi connectivity index (χ3n) is 5.39. The Morgan fingerprint density at radius 1 is 1.20 bits per heavy atom. The van der Waals surface area contributed by atoms with Crippen LogP contribution in [-0.2, 0) is 4.79 Å². The molecule has 1 heterocycles. The zero-order valence-corrected chi connectivity index (χ0v) is 15.1. The number of carbonyl (C=O) groups excluding carboxylic acids is 2. The molecule has 6 heteroatoms. The quantitative estimate of drug-likeness (QED) is 0.801. The predicted molar refractivity (Wildman–Crippen MR) is 93.6 cm³/mol. The van der Waals surface area contributed by atoms with Gasteiger partial charge < -0.3 is 15.2 Å². The van der Waals surface area contributed by atoms with E-state index in [2.05, 4.69) is 5.32 Å². The molecule has 25 heavy (non-hydrogen) atoms. The summed E-state index contributed by atoms with van der Waals surface area (Å²) in [4.78, 5) is 25.9. The summed E-state index contributed by atoms with van der Waals surface area (Å²) in [5.41, 5.74) is 2.41. The molecule has 1 aliphatic heterocycles. The zero-order chi connectivity index (χ0) is 18.2. The van der Waals surface area contributed by atoms with Crippen molar-refractivity contribution in [3.8, 4) is 5.75 Å². The van der Waals surface area contributed by atoms with Crippen LogP contribution in [0.2, 0.25) is 0 Å². The Morgan fingerprint density at radius 3 is 2.52 bits per heavy atom. The van der Waals surface area contributed by atoms with Crippen molar-refractivity contribution >= 4 is 11.9 Å². The number of aliphatic hydroxyl groups excluding tert-OH is 1. The van der Waals surface area contributed by atoms with Crippen LogP contribution in [0.3, 0.4) is 0 Å². The smallest absolute Gasteiger partial charge is 0.325 e. The number of hydrogen-bond acceptors (Lipinski definition) is 4. The SMILES string of the molecule is Cc1ccc(C)c(OC[C@@H](O)CN2C(=O)NC3(CCCC3)C2=O)c1C. The van der Waals surface area contributed by atoms with Gasteiger partial charge in [-0.2, -0.15) is 0 Å². The van der Waals surface area contributed by atoms with Crippen LogP contribution in [0.25, 0.3) is 0 Å². The summed E-state index contributed by atoms with van der Waals surface area (Å²) in [6.45, 7) is 5.93. The number of imide groups is 1. The number of benzene rings is 1. The number of ether oxygens (including phenoxy) is 1. The molecule has 1 atom stereocenters. The average Bonchev–Trinajstić information content (AvgIpc) is 3.12. The summed E-state index contributed by atoms with van der Waals surface area (Å²) in [6.07, 6.45) is 2.32. The van der Waals surface area contributed by atoms with Crippen molar-refractivity contribution in [2.24, 2.45) is 0 Å². The van der Waals surface area contributed by atoms with Crippen molar-refractivity contribution in [3.63, 3.8) is 0 Å². The molecule has 1 spiro atoms. The molecule has 1 aromatic carbocycles. The van der Waals surface area contributed by atoms with Crippen LogP contribution in [0.5, 0.6) is 5.75 Å². The molecular weight excluding hydrogens is 320 g/mol. The lowest BCUT2D eigenvalue weighted by Gasteiger charge is -2.22. The highest BCUT2D eigenvalue weighted by molar-refractivity contribution is 6.07. The van der Waals surface area contributed by atoms with Gasteiger partial charge in [0.15, 0.2) is 0 Å². The van der Waals surface area contributed by atoms with E-state index in [-0.39, 0.29) is 19.1 Å². The fourth-order valence-corrected chi connectivity index (χ4v) is 3.75. The van der Waals surface area contributed by atoms with Crippen molar-refractivity contribution in [1.29, 1.82) is 0 Å².